The minimum Gasteiger partial charge on any atom is -0.467 e. The molecule has 0 saturated heterocycles. The van der Waals surface area contributed by atoms with E-state index >= 15 is 0 Å². The summed E-state index contributed by atoms with van der Waals surface area (Å²) in [6.07, 6.45) is 2.82. The quantitative estimate of drug-likeness (QED) is 0.883. The molecule has 2 rings (SSSR count). The first kappa shape index (κ1) is 13.4. The Morgan fingerprint density at radius 2 is 2.17 bits per heavy atom. The molecule has 1 aromatic heterocycles. The highest BCUT2D eigenvalue weighted by atomic mass is 79.9. The summed E-state index contributed by atoms with van der Waals surface area (Å²) in [4.78, 5) is 0. The van der Waals surface area contributed by atoms with Crippen LogP contribution >= 0.6 is 15.9 Å². The van der Waals surface area contributed by atoms with Crippen molar-refractivity contribution in [2.45, 2.75) is 26.3 Å². The number of hydrogen-bond acceptors (Lipinski definition) is 2. The van der Waals surface area contributed by atoms with Gasteiger partial charge in [0.15, 0.2) is 0 Å². The van der Waals surface area contributed by atoms with Crippen molar-refractivity contribution >= 4 is 15.9 Å². The molecule has 0 aliphatic heterocycles. The Morgan fingerprint density at radius 1 is 1.33 bits per heavy atom. The van der Waals surface area contributed by atoms with Crippen molar-refractivity contribution in [2.24, 2.45) is 0 Å². The zero-order chi connectivity index (χ0) is 13.0. The molecule has 0 radical (unpaired) electrons. The average Bonchev–Trinajstić information content (AvgIpc) is 2.85. The molecule has 2 aromatic rings. The normalized spacial score (nSPS) is 12.6. The first-order valence-electron chi connectivity index (χ1n) is 6.25. The topological polar surface area (TPSA) is 25.2 Å². The van der Waals surface area contributed by atoms with Gasteiger partial charge in [-0.15, -0.1) is 0 Å². The van der Waals surface area contributed by atoms with E-state index in [2.05, 4.69) is 53.3 Å². The van der Waals surface area contributed by atoms with Crippen LogP contribution in [0.4, 0.5) is 0 Å². The van der Waals surface area contributed by atoms with E-state index < -0.39 is 0 Å². The third kappa shape index (κ3) is 3.03. The predicted octanol–water partition coefficient (Wildman–Crippen LogP) is 4.44. The zero-order valence-electron chi connectivity index (χ0n) is 10.7. The van der Waals surface area contributed by atoms with Crippen LogP contribution in [0.3, 0.4) is 0 Å². The van der Waals surface area contributed by atoms with Crippen molar-refractivity contribution in [1.29, 1.82) is 0 Å². The summed E-state index contributed by atoms with van der Waals surface area (Å²) in [6.45, 7) is 5.22. The van der Waals surface area contributed by atoms with Crippen LogP contribution in [-0.2, 0) is 0 Å². The number of halogens is 1. The van der Waals surface area contributed by atoms with Crippen LogP contribution in [0, 0.1) is 6.92 Å². The summed E-state index contributed by atoms with van der Waals surface area (Å²) in [5, 5.41) is 3.52. The number of furan rings is 1. The highest BCUT2D eigenvalue weighted by molar-refractivity contribution is 9.10. The van der Waals surface area contributed by atoms with Gasteiger partial charge in [0.1, 0.15) is 5.76 Å². The molecule has 2 nitrogen and oxygen atoms in total. The SMILES string of the molecule is CCCNC(c1ccco1)c1ccc(C)cc1Br. The fourth-order valence-corrected chi connectivity index (χ4v) is 2.70. The van der Waals surface area contributed by atoms with Gasteiger partial charge in [0, 0.05) is 4.47 Å². The van der Waals surface area contributed by atoms with E-state index in [0.29, 0.717) is 0 Å². The van der Waals surface area contributed by atoms with E-state index in [-0.39, 0.29) is 6.04 Å². The number of benzene rings is 1. The molecule has 18 heavy (non-hydrogen) atoms. The van der Waals surface area contributed by atoms with E-state index in [1.54, 1.807) is 6.26 Å². The van der Waals surface area contributed by atoms with Gasteiger partial charge in [-0.25, -0.2) is 0 Å². The van der Waals surface area contributed by atoms with Gasteiger partial charge in [-0.2, -0.15) is 0 Å². The van der Waals surface area contributed by atoms with Crippen LogP contribution in [0.25, 0.3) is 0 Å². The molecule has 0 aliphatic rings. The summed E-state index contributed by atoms with van der Waals surface area (Å²) in [7, 11) is 0. The minimum absolute atomic E-state index is 0.106. The summed E-state index contributed by atoms with van der Waals surface area (Å²) in [5.41, 5.74) is 2.46. The third-order valence-corrected chi connectivity index (χ3v) is 3.58. The lowest BCUT2D eigenvalue weighted by molar-refractivity contribution is 0.446. The van der Waals surface area contributed by atoms with Gasteiger partial charge >= 0.3 is 0 Å². The van der Waals surface area contributed by atoms with Gasteiger partial charge in [0.25, 0.3) is 0 Å². The van der Waals surface area contributed by atoms with Crippen LogP contribution in [0.5, 0.6) is 0 Å². The lowest BCUT2D eigenvalue weighted by Gasteiger charge is -2.18. The first-order valence-corrected chi connectivity index (χ1v) is 7.04. The Morgan fingerprint density at radius 3 is 2.78 bits per heavy atom. The molecule has 0 fully saturated rings. The Labute approximate surface area is 117 Å². The van der Waals surface area contributed by atoms with Gasteiger partial charge in [0.05, 0.1) is 12.3 Å². The van der Waals surface area contributed by atoms with Gasteiger partial charge in [-0.1, -0.05) is 35.0 Å². The van der Waals surface area contributed by atoms with Gasteiger partial charge in [0.2, 0.25) is 0 Å². The molecule has 1 heterocycles. The molecule has 0 aliphatic carbocycles. The number of nitrogens with one attached hydrogen (secondary N) is 1. The summed E-state index contributed by atoms with van der Waals surface area (Å²) in [5.74, 6) is 0.952. The second-order valence-electron chi connectivity index (χ2n) is 4.43. The fourth-order valence-electron chi connectivity index (χ4n) is 1.97. The summed E-state index contributed by atoms with van der Waals surface area (Å²) < 4.78 is 6.67. The largest absolute Gasteiger partial charge is 0.467 e. The molecule has 0 spiro atoms. The molecular formula is C15H18BrNO. The zero-order valence-corrected chi connectivity index (χ0v) is 12.3. The van der Waals surface area contributed by atoms with Crippen molar-refractivity contribution in [3.8, 4) is 0 Å². The lowest BCUT2D eigenvalue weighted by atomic mass is 10.0. The Bertz CT molecular complexity index is 493. The van der Waals surface area contributed by atoms with E-state index in [9.17, 15) is 0 Å². The molecule has 96 valence electrons. The molecule has 0 bridgehead atoms. The maximum atomic E-state index is 5.55. The Balaban J connectivity index is 2.33. The maximum Gasteiger partial charge on any atom is 0.125 e. The maximum absolute atomic E-state index is 5.55. The van der Waals surface area contributed by atoms with E-state index in [4.69, 9.17) is 4.42 Å². The third-order valence-electron chi connectivity index (χ3n) is 2.89. The van der Waals surface area contributed by atoms with Crippen LogP contribution < -0.4 is 5.32 Å². The summed E-state index contributed by atoms with van der Waals surface area (Å²) in [6, 6.07) is 10.5. The molecule has 1 atom stereocenters. The second-order valence-corrected chi connectivity index (χ2v) is 5.28. The summed E-state index contributed by atoms with van der Waals surface area (Å²) >= 11 is 3.64. The Kier molecular flexibility index (Phi) is 4.61. The highest BCUT2D eigenvalue weighted by Crippen LogP contribution is 2.29. The second kappa shape index (κ2) is 6.21. The van der Waals surface area contributed by atoms with E-state index in [1.807, 2.05) is 12.1 Å². The van der Waals surface area contributed by atoms with Crippen LogP contribution in [-0.4, -0.2) is 6.54 Å². The first-order chi connectivity index (χ1) is 8.72. The van der Waals surface area contributed by atoms with Gasteiger partial charge in [-0.05, 0) is 49.2 Å². The predicted molar refractivity (Wildman–Crippen MR) is 77.7 cm³/mol. The van der Waals surface area contributed by atoms with Crippen molar-refractivity contribution < 1.29 is 4.42 Å². The molecular weight excluding hydrogens is 290 g/mol. The monoisotopic (exact) mass is 307 g/mol. The number of rotatable bonds is 5. The van der Waals surface area contributed by atoms with Crippen LogP contribution in [0.2, 0.25) is 0 Å². The number of hydrogen-bond donors (Lipinski definition) is 1. The lowest BCUT2D eigenvalue weighted by Crippen LogP contribution is -2.23. The van der Waals surface area contributed by atoms with Crippen molar-refractivity contribution in [2.75, 3.05) is 6.54 Å². The average molecular weight is 308 g/mol. The highest BCUT2D eigenvalue weighted by Gasteiger charge is 2.18. The van der Waals surface area contributed by atoms with E-state index in [0.717, 1.165) is 23.2 Å². The smallest absolute Gasteiger partial charge is 0.125 e. The molecule has 0 amide bonds. The van der Waals surface area contributed by atoms with Crippen LogP contribution in [0.1, 0.15) is 36.3 Å². The number of aryl methyl sites for hydroxylation is 1. The molecule has 1 unspecified atom stereocenters. The van der Waals surface area contributed by atoms with E-state index in [1.165, 1.54) is 11.1 Å². The molecule has 1 N–H and O–H groups in total. The molecule has 0 saturated carbocycles. The Hall–Kier alpha value is -1.06. The molecule has 1 aromatic carbocycles. The minimum atomic E-state index is 0.106. The van der Waals surface area contributed by atoms with Crippen molar-refractivity contribution in [1.82, 2.24) is 5.32 Å². The van der Waals surface area contributed by atoms with Crippen LogP contribution in [0.15, 0.2) is 45.5 Å². The molecule has 3 heteroatoms. The fraction of sp³-hybridized carbons (Fsp3) is 0.333. The van der Waals surface area contributed by atoms with Crippen molar-refractivity contribution in [3.05, 3.63) is 58.0 Å². The van der Waals surface area contributed by atoms with Crippen molar-refractivity contribution in [3.63, 3.8) is 0 Å². The van der Waals surface area contributed by atoms with Gasteiger partial charge in [-0.3, -0.25) is 0 Å². The van der Waals surface area contributed by atoms with Gasteiger partial charge < -0.3 is 9.73 Å². The standard InChI is InChI=1S/C15H18BrNO/c1-3-8-17-15(14-5-4-9-18-14)12-7-6-11(2)10-13(12)16/h4-7,9-10,15,17H,3,8H2,1-2H3.